The van der Waals surface area contributed by atoms with Crippen LogP contribution in [0.15, 0.2) is 28.8 Å². The number of amides is 1. The molecule has 1 heterocycles. The van der Waals surface area contributed by atoms with E-state index in [4.69, 9.17) is 4.52 Å². The fourth-order valence-electron chi connectivity index (χ4n) is 2.47. The molecule has 1 aliphatic rings. The Hall–Kier alpha value is -2.21. The Morgan fingerprint density at radius 1 is 1.41 bits per heavy atom. The molecule has 22 heavy (non-hydrogen) atoms. The number of aliphatic hydroxyl groups is 1. The van der Waals surface area contributed by atoms with Gasteiger partial charge in [-0.2, -0.15) is 0 Å². The Balaban J connectivity index is 1.94. The highest BCUT2D eigenvalue weighted by atomic mass is 19.1. The minimum atomic E-state index is -0.923. The van der Waals surface area contributed by atoms with E-state index in [2.05, 4.69) is 10.5 Å². The maximum Gasteiger partial charge on any atom is 0.290 e. The smallest absolute Gasteiger partial charge is 0.290 e. The summed E-state index contributed by atoms with van der Waals surface area (Å²) in [5.41, 5.74) is 1.26. The molecule has 2 aromatic rings. The number of halogens is 1. The standard InChI is InChI=1S/C16H17FN2O3/c1-9(20)13-14(10-5-7-11(17)8-6-10)19-22-15(13)16(21)18-12-3-2-4-12/h5-9,12,20H,2-4H2,1H3,(H,18,21). The molecular weight excluding hydrogens is 287 g/mol. The summed E-state index contributed by atoms with van der Waals surface area (Å²) in [6, 6.07) is 5.82. The third-order valence-corrected chi connectivity index (χ3v) is 3.91. The van der Waals surface area contributed by atoms with Crippen molar-refractivity contribution in [3.63, 3.8) is 0 Å². The average molecular weight is 304 g/mol. The fraction of sp³-hybridized carbons (Fsp3) is 0.375. The van der Waals surface area contributed by atoms with Crippen LogP contribution in [0.25, 0.3) is 11.3 Å². The van der Waals surface area contributed by atoms with Gasteiger partial charge in [0.05, 0.1) is 11.7 Å². The number of aromatic nitrogens is 1. The summed E-state index contributed by atoms with van der Waals surface area (Å²) in [7, 11) is 0. The van der Waals surface area contributed by atoms with Crippen LogP contribution in [-0.2, 0) is 0 Å². The first kappa shape index (κ1) is 14.7. The second-order valence-corrected chi connectivity index (χ2v) is 5.56. The number of carbonyl (C=O) groups excluding carboxylic acids is 1. The highest BCUT2D eigenvalue weighted by Crippen LogP contribution is 2.31. The molecule has 0 aliphatic heterocycles. The number of nitrogens with one attached hydrogen (secondary N) is 1. The quantitative estimate of drug-likeness (QED) is 0.910. The van der Waals surface area contributed by atoms with E-state index in [0.29, 0.717) is 16.8 Å². The second-order valence-electron chi connectivity index (χ2n) is 5.56. The van der Waals surface area contributed by atoms with Gasteiger partial charge >= 0.3 is 0 Å². The van der Waals surface area contributed by atoms with Crippen molar-refractivity contribution in [3.05, 3.63) is 41.4 Å². The van der Waals surface area contributed by atoms with Crippen molar-refractivity contribution >= 4 is 5.91 Å². The zero-order valence-electron chi connectivity index (χ0n) is 12.2. The van der Waals surface area contributed by atoms with Crippen LogP contribution in [-0.4, -0.2) is 22.2 Å². The molecule has 2 N–H and O–H groups in total. The van der Waals surface area contributed by atoms with Crippen LogP contribution in [0.2, 0.25) is 0 Å². The summed E-state index contributed by atoms with van der Waals surface area (Å²) in [6.45, 7) is 1.54. The zero-order valence-corrected chi connectivity index (χ0v) is 12.2. The molecule has 1 aromatic heterocycles. The number of hydrogen-bond donors (Lipinski definition) is 2. The molecule has 1 atom stereocenters. The minimum absolute atomic E-state index is 0.0150. The summed E-state index contributed by atoms with van der Waals surface area (Å²) >= 11 is 0. The highest BCUT2D eigenvalue weighted by Gasteiger charge is 2.29. The number of aliphatic hydroxyl groups excluding tert-OH is 1. The molecule has 1 saturated carbocycles. The van der Waals surface area contributed by atoms with Crippen LogP contribution < -0.4 is 5.32 Å². The summed E-state index contributed by atoms with van der Waals surface area (Å²) in [5, 5.41) is 16.7. The topological polar surface area (TPSA) is 75.4 Å². The van der Waals surface area contributed by atoms with Gasteiger partial charge in [0.1, 0.15) is 11.5 Å². The van der Waals surface area contributed by atoms with E-state index >= 15 is 0 Å². The number of hydrogen-bond acceptors (Lipinski definition) is 4. The van der Waals surface area contributed by atoms with Crippen molar-refractivity contribution in [3.8, 4) is 11.3 Å². The van der Waals surface area contributed by atoms with Crippen LogP contribution in [0, 0.1) is 5.82 Å². The van der Waals surface area contributed by atoms with Crippen molar-refractivity contribution in [2.45, 2.75) is 38.3 Å². The van der Waals surface area contributed by atoms with Gasteiger partial charge in [0.2, 0.25) is 5.76 Å². The van der Waals surface area contributed by atoms with E-state index in [0.717, 1.165) is 19.3 Å². The first-order valence-corrected chi connectivity index (χ1v) is 7.30. The molecule has 1 aromatic carbocycles. The third kappa shape index (κ3) is 2.74. The van der Waals surface area contributed by atoms with Crippen LogP contribution in [0.5, 0.6) is 0 Å². The maximum atomic E-state index is 13.0. The Kier molecular flexibility index (Phi) is 3.94. The molecule has 1 aliphatic carbocycles. The van der Waals surface area contributed by atoms with Gasteiger partial charge in [-0.15, -0.1) is 0 Å². The van der Waals surface area contributed by atoms with Gasteiger partial charge in [0.15, 0.2) is 0 Å². The Morgan fingerprint density at radius 3 is 2.64 bits per heavy atom. The van der Waals surface area contributed by atoms with Gasteiger partial charge in [-0.3, -0.25) is 4.79 Å². The fourth-order valence-corrected chi connectivity index (χ4v) is 2.47. The van der Waals surface area contributed by atoms with E-state index in [1.54, 1.807) is 6.92 Å². The molecule has 1 fully saturated rings. The molecule has 5 nitrogen and oxygen atoms in total. The molecule has 0 saturated heterocycles. The first-order valence-electron chi connectivity index (χ1n) is 7.30. The summed E-state index contributed by atoms with van der Waals surface area (Å²) in [5.74, 6) is -0.725. The molecule has 116 valence electrons. The summed E-state index contributed by atoms with van der Waals surface area (Å²) in [6.07, 6.45) is 2.09. The van der Waals surface area contributed by atoms with Crippen molar-refractivity contribution in [2.75, 3.05) is 0 Å². The van der Waals surface area contributed by atoms with E-state index in [9.17, 15) is 14.3 Å². The lowest BCUT2D eigenvalue weighted by atomic mass is 9.93. The molecule has 3 rings (SSSR count). The summed E-state index contributed by atoms with van der Waals surface area (Å²) in [4.78, 5) is 12.3. The van der Waals surface area contributed by atoms with Crippen LogP contribution in [0.3, 0.4) is 0 Å². The van der Waals surface area contributed by atoms with Crippen LogP contribution >= 0.6 is 0 Å². The lowest BCUT2D eigenvalue weighted by Crippen LogP contribution is -2.39. The molecule has 1 amide bonds. The molecule has 0 radical (unpaired) electrons. The highest BCUT2D eigenvalue weighted by molar-refractivity contribution is 5.94. The predicted octanol–water partition coefficient (Wildman–Crippen LogP) is 2.82. The van der Waals surface area contributed by atoms with Gasteiger partial charge in [-0.1, -0.05) is 5.16 Å². The predicted molar refractivity (Wildman–Crippen MR) is 77.6 cm³/mol. The molecule has 0 spiro atoms. The summed E-state index contributed by atoms with van der Waals surface area (Å²) < 4.78 is 18.2. The van der Waals surface area contributed by atoms with Crippen LogP contribution in [0.1, 0.15) is 48.4 Å². The number of rotatable bonds is 4. The third-order valence-electron chi connectivity index (χ3n) is 3.91. The largest absolute Gasteiger partial charge is 0.388 e. The lowest BCUT2D eigenvalue weighted by molar-refractivity contribution is 0.0871. The first-order chi connectivity index (χ1) is 10.6. The minimum Gasteiger partial charge on any atom is -0.388 e. The van der Waals surface area contributed by atoms with Crippen molar-refractivity contribution in [2.24, 2.45) is 0 Å². The molecule has 1 unspecified atom stereocenters. The maximum absolute atomic E-state index is 13.0. The average Bonchev–Trinajstić information content (AvgIpc) is 2.88. The van der Waals surface area contributed by atoms with Crippen molar-refractivity contribution in [1.82, 2.24) is 10.5 Å². The molecule has 0 bridgehead atoms. The lowest BCUT2D eigenvalue weighted by Gasteiger charge is -2.25. The normalized spacial score (nSPS) is 16.1. The van der Waals surface area contributed by atoms with E-state index in [1.807, 2.05) is 0 Å². The van der Waals surface area contributed by atoms with E-state index in [-0.39, 0.29) is 23.5 Å². The van der Waals surface area contributed by atoms with Crippen molar-refractivity contribution < 1.29 is 18.8 Å². The van der Waals surface area contributed by atoms with E-state index in [1.165, 1.54) is 24.3 Å². The van der Waals surface area contributed by atoms with Crippen molar-refractivity contribution in [1.29, 1.82) is 0 Å². The van der Waals surface area contributed by atoms with Gasteiger partial charge in [-0.25, -0.2) is 4.39 Å². The van der Waals surface area contributed by atoms with Gasteiger partial charge in [-0.05, 0) is 50.5 Å². The molecular formula is C16H17FN2O3. The molecule has 6 heteroatoms. The Bertz CT molecular complexity index is 675. The SMILES string of the molecule is CC(O)c1c(-c2ccc(F)cc2)noc1C(=O)NC1CCC1. The Labute approximate surface area is 127 Å². The number of benzene rings is 1. The van der Waals surface area contributed by atoms with Gasteiger partial charge in [0.25, 0.3) is 5.91 Å². The second kappa shape index (κ2) is 5.88. The zero-order chi connectivity index (χ0) is 15.7. The van der Waals surface area contributed by atoms with Gasteiger partial charge < -0.3 is 14.9 Å². The Morgan fingerprint density at radius 2 is 2.09 bits per heavy atom. The monoisotopic (exact) mass is 304 g/mol. The number of nitrogens with zero attached hydrogens (tertiary/aromatic N) is 1. The van der Waals surface area contributed by atoms with E-state index < -0.39 is 6.10 Å². The van der Waals surface area contributed by atoms with Crippen LogP contribution in [0.4, 0.5) is 4.39 Å². The van der Waals surface area contributed by atoms with Gasteiger partial charge in [0, 0.05) is 11.6 Å². The number of carbonyl (C=O) groups is 1.